The largest absolute Gasteiger partial charge is 0.372 e. The van der Waals surface area contributed by atoms with E-state index in [9.17, 15) is 9.59 Å². The van der Waals surface area contributed by atoms with E-state index in [1.54, 1.807) is 22.9 Å². The van der Waals surface area contributed by atoms with Gasteiger partial charge in [0.2, 0.25) is 11.8 Å². The lowest BCUT2D eigenvalue weighted by Gasteiger charge is -2.36. The molecule has 27 heavy (non-hydrogen) atoms. The van der Waals surface area contributed by atoms with Crippen molar-refractivity contribution < 1.29 is 14.3 Å². The van der Waals surface area contributed by atoms with E-state index in [0.717, 1.165) is 25.3 Å². The maximum absolute atomic E-state index is 12.7. The maximum atomic E-state index is 12.7. The number of ether oxygens (including phenoxy) is 1. The molecule has 146 valence electrons. The summed E-state index contributed by atoms with van der Waals surface area (Å²) in [6, 6.07) is 3.39. The van der Waals surface area contributed by atoms with Crippen molar-refractivity contribution in [2.45, 2.75) is 56.7 Å². The molecule has 3 fully saturated rings. The Morgan fingerprint density at radius 3 is 2.74 bits per heavy atom. The summed E-state index contributed by atoms with van der Waals surface area (Å²) in [6.07, 6.45) is 3.36. The molecule has 1 aromatic heterocycles. The molecule has 4 unspecified atom stereocenters. The van der Waals surface area contributed by atoms with E-state index in [2.05, 4.69) is 36.0 Å². The summed E-state index contributed by atoms with van der Waals surface area (Å²) >= 11 is 1.70. The maximum Gasteiger partial charge on any atom is 0.248 e. The third-order valence-electron chi connectivity index (χ3n) is 5.51. The second-order valence-electron chi connectivity index (χ2n) is 7.82. The van der Waals surface area contributed by atoms with Crippen LogP contribution < -0.4 is 10.2 Å². The van der Waals surface area contributed by atoms with E-state index in [-0.39, 0.29) is 28.9 Å². The fraction of sp³-hybridized carbons (Fsp3) is 0.632. The Balaban J connectivity index is 1.41. The second-order valence-corrected chi connectivity index (χ2v) is 9.32. The number of anilines is 2. The molecule has 0 saturated carbocycles. The van der Waals surface area contributed by atoms with Crippen LogP contribution >= 0.6 is 11.8 Å². The third kappa shape index (κ3) is 3.52. The normalized spacial score (nSPS) is 33.3. The van der Waals surface area contributed by atoms with Gasteiger partial charge in [0.1, 0.15) is 11.9 Å². The number of fused-ring (bicyclic) bond motifs is 1. The standard InChI is InChI=1S/C19H26N4O3S/c1-12-9-22(10-13(2)26-12)16-5-4-14(8-20-16)21-18(25)15-11-27-19(3)7-6-17(24)23(15)19/h4-5,8,12-13,15H,6-7,9-11H2,1-3H3,(H,21,25). The lowest BCUT2D eigenvalue weighted by Crippen LogP contribution is -2.48. The van der Waals surface area contributed by atoms with E-state index < -0.39 is 6.04 Å². The number of carbonyl (C=O) groups is 2. The summed E-state index contributed by atoms with van der Waals surface area (Å²) in [4.78, 5) is 33.2. The van der Waals surface area contributed by atoms with Crippen LogP contribution in [0.25, 0.3) is 0 Å². The molecular weight excluding hydrogens is 364 g/mol. The van der Waals surface area contributed by atoms with Crippen LogP contribution in [0.4, 0.5) is 11.5 Å². The minimum Gasteiger partial charge on any atom is -0.372 e. The second kappa shape index (κ2) is 6.98. The van der Waals surface area contributed by atoms with Crippen molar-refractivity contribution in [2.75, 3.05) is 29.1 Å². The highest BCUT2D eigenvalue weighted by molar-refractivity contribution is 8.01. The average Bonchev–Trinajstić information content (AvgIpc) is 3.11. The van der Waals surface area contributed by atoms with Gasteiger partial charge in [0.25, 0.3) is 0 Å². The Bertz CT molecular complexity index is 733. The smallest absolute Gasteiger partial charge is 0.248 e. The predicted molar refractivity (Wildman–Crippen MR) is 106 cm³/mol. The molecule has 0 spiro atoms. The molecular formula is C19H26N4O3S. The van der Waals surface area contributed by atoms with Gasteiger partial charge in [-0.1, -0.05) is 0 Å². The number of rotatable bonds is 3. The van der Waals surface area contributed by atoms with E-state index >= 15 is 0 Å². The van der Waals surface area contributed by atoms with Crippen LogP contribution in [-0.4, -0.2) is 63.7 Å². The van der Waals surface area contributed by atoms with Crippen LogP contribution in [0.2, 0.25) is 0 Å². The molecule has 0 bridgehead atoms. The molecule has 4 heterocycles. The summed E-state index contributed by atoms with van der Waals surface area (Å²) < 4.78 is 5.76. The van der Waals surface area contributed by atoms with Crippen LogP contribution in [0.15, 0.2) is 18.3 Å². The fourth-order valence-corrected chi connectivity index (χ4v) is 5.68. The third-order valence-corrected chi connectivity index (χ3v) is 7.01. The van der Waals surface area contributed by atoms with Crippen LogP contribution in [0.3, 0.4) is 0 Å². The average molecular weight is 391 g/mol. The quantitative estimate of drug-likeness (QED) is 0.852. The van der Waals surface area contributed by atoms with Crippen molar-refractivity contribution in [3.8, 4) is 0 Å². The molecule has 3 aliphatic heterocycles. The van der Waals surface area contributed by atoms with Crippen molar-refractivity contribution in [1.29, 1.82) is 0 Å². The first-order valence-electron chi connectivity index (χ1n) is 9.49. The minimum absolute atomic E-state index is 0.0756. The number of amides is 2. The first-order valence-corrected chi connectivity index (χ1v) is 10.5. The number of nitrogens with zero attached hydrogens (tertiary/aromatic N) is 3. The number of aromatic nitrogens is 1. The SMILES string of the molecule is CC1CN(c2ccc(NC(=O)C3CSC4(C)CCC(=O)N34)cn2)CC(C)O1. The number of morpholine rings is 1. The number of pyridine rings is 1. The van der Waals surface area contributed by atoms with E-state index in [0.29, 0.717) is 17.9 Å². The van der Waals surface area contributed by atoms with Gasteiger partial charge in [-0.3, -0.25) is 9.59 Å². The molecule has 3 aliphatic rings. The number of nitrogens with one attached hydrogen (secondary N) is 1. The van der Waals surface area contributed by atoms with Crippen molar-refractivity contribution in [1.82, 2.24) is 9.88 Å². The van der Waals surface area contributed by atoms with Crippen molar-refractivity contribution >= 4 is 35.1 Å². The van der Waals surface area contributed by atoms with E-state index in [4.69, 9.17) is 4.74 Å². The number of thioether (sulfide) groups is 1. The summed E-state index contributed by atoms with van der Waals surface area (Å²) in [6.45, 7) is 7.78. The molecule has 4 rings (SSSR count). The first kappa shape index (κ1) is 18.6. The van der Waals surface area contributed by atoms with Crippen LogP contribution in [0, 0.1) is 0 Å². The molecule has 0 aromatic carbocycles. The molecule has 1 N–H and O–H groups in total. The number of hydrogen-bond donors (Lipinski definition) is 1. The summed E-state index contributed by atoms with van der Waals surface area (Å²) in [5.41, 5.74) is 0.656. The topological polar surface area (TPSA) is 74.8 Å². The van der Waals surface area contributed by atoms with Gasteiger partial charge < -0.3 is 19.9 Å². The van der Waals surface area contributed by atoms with Gasteiger partial charge in [0.15, 0.2) is 0 Å². The zero-order chi connectivity index (χ0) is 19.2. The Kier molecular flexibility index (Phi) is 4.80. The van der Waals surface area contributed by atoms with Crippen molar-refractivity contribution in [3.05, 3.63) is 18.3 Å². The van der Waals surface area contributed by atoms with Gasteiger partial charge in [0, 0.05) is 25.3 Å². The minimum atomic E-state index is -0.407. The Morgan fingerprint density at radius 2 is 2.07 bits per heavy atom. The number of hydrogen-bond acceptors (Lipinski definition) is 6. The Morgan fingerprint density at radius 1 is 1.33 bits per heavy atom. The molecule has 7 nitrogen and oxygen atoms in total. The zero-order valence-corrected chi connectivity index (χ0v) is 16.8. The highest BCUT2D eigenvalue weighted by atomic mass is 32.2. The highest BCUT2D eigenvalue weighted by Crippen LogP contribution is 2.47. The molecule has 0 radical (unpaired) electrons. The monoisotopic (exact) mass is 390 g/mol. The zero-order valence-electron chi connectivity index (χ0n) is 16.0. The predicted octanol–water partition coefficient (Wildman–Crippen LogP) is 2.09. The van der Waals surface area contributed by atoms with E-state index in [1.807, 2.05) is 12.1 Å². The van der Waals surface area contributed by atoms with Gasteiger partial charge in [-0.2, -0.15) is 0 Å². The van der Waals surface area contributed by atoms with Gasteiger partial charge in [-0.15, -0.1) is 11.8 Å². The molecule has 4 atom stereocenters. The molecule has 3 saturated heterocycles. The highest BCUT2D eigenvalue weighted by Gasteiger charge is 2.52. The van der Waals surface area contributed by atoms with Crippen molar-refractivity contribution in [2.24, 2.45) is 0 Å². The number of carbonyl (C=O) groups excluding carboxylic acids is 2. The summed E-state index contributed by atoms with van der Waals surface area (Å²) in [5.74, 6) is 1.47. The first-order chi connectivity index (χ1) is 12.9. The lowest BCUT2D eigenvalue weighted by atomic mass is 10.2. The van der Waals surface area contributed by atoms with Crippen LogP contribution in [0.1, 0.15) is 33.6 Å². The summed E-state index contributed by atoms with van der Waals surface area (Å²) in [5, 5.41) is 2.93. The fourth-order valence-electron chi connectivity index (χ4n) is 4.25. The molecule has 0 aliphatic carbocycles. The van der Waals surface area contributed by atoms with Crippen molar-refractivity contribution in [3.63, 3.8) is 0 Å². The van der Waals surface area contributed by atoms with Crippen LogP contribution in [0.5, 0.6) is 0 Å². The lowest BCUT2D eigenvalue weighted by molar-refractivity contribution is -0.135. The van der Waals surface area contributed by atoms with Gasteiger partial charge in [-0.25, -0.2) is 4.98 Å². The van der Waals surface area contributed by atoms with Gasteiger partial charge >= 0.3 is 0 Å². The summed E-state index contributed by atoms with van der Waals surface area (Å²) in [7, 11) is 0. The van der Waals surface area contributed by atoms with Gasteiger partial charge in [0.05, 0.1) is 29.0 Å². The molecule has 2 amide bonds. The van der Waals surface area contributed by atoms with Gasteiger partial charge in [-0.05, 0) is 39.3 Å². The Labute approximate surface area is 163 Å². The van der Waals surface area contributed by atoms with E-state index in [1.165, 1.54) is 0 Å². The molecule has 1 aromatic rings. The molecule has 8 heteroatoms. The Hall–Kier alpha value is -1.80. The van der Waals surface area contributed by atoms with Crippen LogP contribution in [-0.2, 0) is 14.3 Å².